The SMILES string of the molecule is CCOC(=O)C1=C(c2cccc([N+](=O)[O-])c2)OC(N)=C(C#N)C1c1ccc(Br)cc1. The molecule has 0 aliphatic carbocycles. The second-order valence-electron chi connectivity index (χ2n) is 6.25. The molecule has 9 heteroatoms. The second kappa shape index (κ2) is 8.80. The normalized spacial score (nSPS) is 16.0. The molecule has 0 radical (unpaired) electrons. The number of allylic oxidation sites excluding steroid dienone is 1. The second-order valence-corrected chi connectivity index (χ2v) is 7.16. The average molecular weight is 470 g/mol. The van der Waals surface area contributed by atoms with E-state index in [4.69, 9.17) is 15.2 Å². The van der Waals surface area contributed by atoms with Gasteiger partial charge in [-0.15, -0.1) is 0 Å². The van der Waals surface area contributed by atoms with Gasteiger partial charge in [-0.25, -0.2) is 4.79 Å². The molecule has 0 bridgehead atoms. The van der Waals surface area contributed by atoms with Crippen molar-refractivity contribution < 1.29 is 19.2 Å². The Kier molecular flexibility index (Phi) is 6.18. The van der Waals surface area contributed by atoms with Crippen LogP contribution in [0.1, 0.15) is 24.0 Å². The van der Waals surface area contributed by atoms with E-state index >= 15 is 0 Å². The largest absolute Gasteiger partial charge is 0.463 e. The topological polar surface area (TPSA) is 128 Å². The van der Waals surface area contributed by atoms with Crippen LogP contribution < -0.4 is 5.73 Å². The van der Waals surface area contributed by atoms with Gasteiger partial charge in [-0.1, -0.05) is 40.2 Å². The van der Waals surface area contributed by atoms with E-state index < -0.39 is 16.8 Å². The van der Waals surface area contributed by atoms with Crippen LogP contribution in [0.15, 0.2) is 70.0 Å². The maximum absolute atomic E-state index is 12.9. The highest BCUT2D eigenvalue weighted by Crippen LogP contribution is 2.43. The highest BCUT2D eigenvalue weighted by atomic mass is 79.9. The summed E-state index contributed by atoms with van der Waals surface area (Å²) in [5.74, 6) is -1.72. The molecule has 2 aromatic rings. The van der Waals surface area contributed by atoms with E-state index in [-0.39, 0.29) is 40.6 Å². The van der Waals surface area contributed by atoms with Gasteiger partial charge in [-0.3, -0.25) is 10.1 Å². The number of ether oxygens (including phenoxy) is 2. The predicted molar refractivity (Wildman–Crippen MR) is 111 cm³/mol. The predicted octanol–water partition coefficient (Wildman–Crippen LogP) is 4.14. The number of nitro groups is 1. The Hall–Kier alpha value is -3.64. The number of nitrogens with two attached hydrogens (primary N) is 1. The summed E-state index contributed by atoms with van der Waals surface area (Å²) in [5.41, 5.74) is 6.82. The number of carbonyl (C=O) groups excluding carboxylic acids is 1. The lowest BCUT2D eigenvalue weighted by Gasteiger charge is -2.28. The molecule has 1 aliphatic rings. The molecule has 3 rings (SSSR count). The van der Waals surface area contributed by atoms with Crippen molar-refractivity contribution in [2.45, 2.75) is 12.8 Å². The number of hydrogen-bond acceptors (Lipinski definition) is 7. The number of halogens is 1. The van der Waals surface area contributed by atoms with E-state index in [1.165, 1.54) is 18.2 Å². The van der Waals surface area contributed by atoms with Crippen LogP contribution in [0, 0.1) is 21.4 Å². The number of nitro benzene ring substituents is 1. The molecule has 0 aromatic heterocycles. The van der Waals surface area contributed by atoms with Crippen molar-refractivity contribution in [2.24, 2.45) is 5.73 Å². The number of hydrogen-bond donors (Lipinski definition) is 1. The van der Waals surface area contributed by atoms with Gasteiger partial charge in [0.15, 0.2) is 0 Å². The minimum absolute atomic E-state index is 0.0153. The van der Waals surface area contributed by atoms with E-state index in [2.05, 4.69) is 15.9 Å². The molecule has 8 nitrogen and oxygen atoms in total. The Balaban J connectivity index is 2.29. The zero-order valence-corrected chi connectivity index (χ0v) is 17.4. The molecule has 152 valence electrons. The van der Waals surface area contributed by atoms with Crippen LogP contribution in [0.25, 0.3) is 5.76 Å². The molecule has 1 aliphatic heterocycles. The van der Waals surface area contributed by atoms with Gasteiger partial charge in [-0.05, 0) is 24.6 Å². The minimum Gasteiger partial charge on any atom is -0.463 e. The third-order valence-corrected chi connectivity index (χ3v) is 4.97. The standard InChI is InChI=1S/C21H16BrN3O5/c1-2-29-21(26)18-17(12-6-8-14(22)9-7-12)16(11-23)20(24)30-19(18)13-4-3-5-15(10-13)25(27)28/h3-10,17H,2,24H2,1H3. The van der Waals surface area contributed by atoms with Crippen molar-refractivity contribution in [1.82, 2.24) is 0 Å². The molecular formula is C21H16BrN3O5. The van der Waals surface area contributed by atoms with Crippen LogP contribution in [0.2, 0.25) is 0 Å². The summed E-state index contributed by atoms with van der Waals surface area (Å²) in [5, 5.41) is 20.9. The zero-order valence-electron chi connectivity index (χ0n) is 15.8. The fraction of sp³-hybridized carbons (Fsp3) is 0.143. The van der Waals surface area contributed by atoms with Gasteiger partial charge in [-0.2, -0.15) is 5.26 Å². The summed E-state index contributed by atoms with van der Waals surface area (Å²) >= 11 is 3.36. The van der Waals surface area contributed by atoms with E-state index in [0.717, 1.165) is 4.47 Å². The fourth-order valence-corrected chi connectivity index (χ4v) is 3.40. The molecular weight excluding hydrogens is 454 g/mol. The highest BCUT2D eigenvalue weighted by molar-refractivity contribution is 9.10. The lowest BCUT2D eigenvalue weighted by Crippen LogP contribution is -2.25. The molecule has 0 saturated heterocycles. The molecule has 30 heavy (non-hydrogen) atoms. The maximum atomic E-state index is 12.9. The molecule has 0 fully saturated rings. The smallest absolute Gasteiger partial charge is 0.338 e. The number of rotatable bonds is 5. The summed E-state index contributed by atoms with van der Waals surface area (Å²) in [6.45, 7) is 1.75. The van der Waals surface area contributed by atoms with Crippen molar-refractivity contribution >= 4 is 33.3 Å². The van der Waals surface area contributed by atoms with E-state index in [9.17, 15) is 20.2 Å². The summed E-state index contributed by atoms with van der Waals surface area (Å²) in [6.07, 6.45) is 0. The molecule has 1 heterocycles. The molecule has 0 saturated carbocycles. The van der Waals surface area contributed by atoms with Gasteiger partial charge < -0.3 is 15.2 Å². The first-order valence-corrected chi connectivity index (χ1v) is 9.65. The van der Waals surface area contributed by atoms with E-state index in [1.807, 2.05) is 6.07 Å². The third-order valence-electron chi connectivity index (χ3n) is 4.44. The van der Waals surface area contributed by atoms with Gasteiger partial charge in [0.05, 0.1) is 23.0 Å². The van der Waals surface area contributed by atoms with Gasteiger partial charge in [0.1, 0.15) is 17.4 Å². The number of nitrogens with zero attached hydrogens (tertiary/aromatic N) is 2. The molecule has 1 unspecified atom stereocenters. The third kappa shape index (κ3) is 4.04. The van der Waals surface area contributed by atoms with Crippen molar-refractivity contribution in [3.63, 3.8) is 0 Å². The van der Waals surface area contributed by atoms with Crippen LogP contribution in [0.4, 0.5) is 5.69 Å². The van der Waals surface area contributed by atoms with E-state index in [0.29, 0.717) is 5.56 Å². The van der Waals surface area contributed by atoms with Gasteiger partial charge in [0.2, 0.25) is 5.88 Å². The molecule has 0 amide bonds. The Labute approximate surface area is 180 Å². The summed E-state index contributed by atoms with van der Waals surface area (Å²) in [4.78, 5) is 23.6. The number of non-ortho nitro benzene ring substituents is 1. The van der Waals surface area contributed by atoms with Gasteiger partial charge >= 0.3 is 5.97 Å². The Morgan fingerprint density at radius 2 is 2.03 bits per heavy atom. The minimum atomic E-state index is -0.856. The van der Waals surface area contributed by atoms with E-state index in [1.54, 1.807) is 37.3 Å². The first-order chi connectivity index (χ1) is 14.4. The van der Waals surface area contributed by atoms with Crippen molar-refractivity contribution in [3.8, 4) is 6.07 Å². The first kappa shape index (κ1) is 21.1. The van der Waals surface area contributed by atoms with Crippen molar-refractivity contribution in [1.29, 1.82) is 5.26 Å². The monoisotopic (exact) mass is 469 g/mol. The average Bonchev–Trinajstić information content (AvgIpc) is 2.73. The highest BCUT2D eigenvalue weighted by Gasteiger charge is 2.38. The number of nitriles is 1. The molecule has 0 spiro atoms. The summed E-state index contributed by atoms with van der Waals surface area (Å²) in [7, 11) is 0. The van der Waals surface area contributed by atoms with Crippen LogP contribution in [-0.2, 0) is 14.3 Å². The fourth-order valence-electron chi connectivity index (χ4n) is 3.14. The number of benzene rings is 2. The van der Waals surface area contributed by atoms with Crippen LogP contribution in [0.5, 0.6) is 0 Å². The molecule has 2 N–H and O–H groups in total. The van der Waals surface area contributed by atoms with Crippen LogP contribution in [-0.4, -0.2) is 17.5 Å². The molecule has 1 atom stereocenters. The Bertz CT molecular complexity index is 1120. The number of carbonyl (C=O) groups is 1. The number of esters is 1. The van der Waals surface area contributed by atoms with Crippen molar-refractivity contribution in [2.75, 3.05) is 6.61 Å². The lowest BCUT2D eigenvalue weighted by molar-refractivity contribution is -0.384. The van der Waals surface area contributed by atoms with Crippen LogP contribution in [0.3, 0.4) is 0 Å². The van der Waals surface area contributed by atoms with Crippen molar-refractivity contribution in [3.05, 3.63) is 91.3 Å². The summed E-state index contributed by atoms with van der Waals surface area (Å²) in [6, 6.07) is 14.7. The first-order valence-electron chi connectivity index (χ1n) is 8.86. The Morgan fingerprint density at radius 1 is 1.33 bits per heavy atom. The Morgan fingerprint density at radius 3 is 2.63 bits per heavy atom. The quantitative estimate of drug-likeness (QED) is 0.395. The maximum Gasteiger partial charge on any atom is 0.338 e. The van der Waals surface area contributed by atoms with Crippen LogP contribution >= 0.6 is 15.9 Å². The zero-order chi connectivity index (χ0) is 21.8. The summed E-state index contributed by atoms with van der Waals surface area (Å²) < 4.78 is 11.7. The van der Waals surface area contributed by atoms with Gasteiger partial charge in [0.25, 0.3) is 5.69 Å². The van der Waals surface area contributed by atoms with Gasteiger partial charge in [0, 0.05) is 22.2 Å². The lowest BCUT2D eigenvalue weighted by atomic mass is 9.82. The molecule has 2 aromatic carbocycles.